The quantitative estimate of drug-likeness (QED) is 0.527. The van der Waals surface area contributed by atoms with Gasteiger partial charge in [-0.1, -0.05) is 28.4 Å². The number of benzene rings is 1. The van der Waals surface area contributed by atoms with Crippen LogP contribution in [0.2, 0.25) is 5.02 Å². The Labute approximate surface area is 113 Å². The van der Waals surface area contributed by atoms with E-state index in [2.05, 4.69) is 5.16 Å². The maximum Gasteiger partial charge on any atom is 0.231 e. The summed E-state index contributed by atoms with van der Waals surface area (Å²) in [6.07, 6.45) is 0. The molecular formula is C10H9Cl2NO5. The molecule has 1 aliphatic rings. The summed E-state index contributed by atoms with van der Waals surface area (Å²) in [5, 5.41) is 11.5. The summed E-state index contributed by atoms with van der Waals surface area (Å²) in [5.41, 5.74) is 0.171. The van der Waals surface area contributed by atoms with Gasteiger partial charge in [-0.25, -0.2) is 0 Å². The van der Waals surface area contributed by atoms with Gasteiger partial charge in [0.15, 0.2) is 16.7 Å². The van der Waals surface area contributed by atoms with Crippen LogP contribution < -0.4 is 18.9 Å². The van der Waals surface area contributed by atoms with Gasteiger partial charge in [0.2, 0.25) is 18.3 Å². The van der Waals surface area contributed by atoms with E-state index in [1.807, 2.05) is 0 Å². The third-order valence-electron chi connectivity index (χ3n) is 2.37. The van der Waals surface area contributed by atoms with Crippen LogP contribution in [0, 0.1) is 0 Å². The lowest BCUT2D eigenvalue weighted by molar-refractivity contribution is 0.168. The van der Waals surface area contributed by atoms with Crippen LogP contribution in [0.5, 0.6) is 23.0 Å². The minimum Gasteiger partial charge on any atom is -0.492 e. The number of oxime groups is 1. The number of rotatable bonds is 3. The van der Waals surface area contributed by atoms with E-state index in [4.69, 9.17) is 47.4 Å². The fourth-order valence-corrected chi connectivity index (χ4v) is 2.22. The van der Waals surface area contributed by atoms with Crippen molar-refractivity contribution in [2.75, 3.05) is 21.0 Å². The van der Waals surface area contributed by atoms with E-state index in [-0.39, 0.29) is 34.0 Å². The lowest BCUT2D eigenvalue weighted by Crippen LogP contribution is -2.01. The Morgan fingerprint density at radius 3 is 2.28 bits per heavy atom. The number of fused-ring (bicyclic) bond motifs is 1. The molecule has 0 aliphatic carbocycles. The second kappa shape index (κ2) is 4.99. The molecular weight excluding hydrogens is 285 g/mol. The Balaban J connectivity index is 2.80. The van der Waals surface area contributed by atoms with Crippen molar-refractivity contribution in [3.63, 3.8) is 0 Å². The molecule has 0 unspecified atom stereocenters. The molecule has 98 valence electrons. The molecule has 8 heteroatoms. The lowest BCUT2D eigenvalue weighted by Gasteiger charge is -2.14. The molecule has 1 aliphatic heterocycles. The first kappa shape index (κ1) is 12.9. The molecule has 0 amide bonds. The number of hydrogen-bond acceptors (Lipinski definition) is 6. The molecule has 2 rings (SSSR count). The highest BCUT2D eigenvalue weighted by Gasteiger charge is 2.32. The maximum absolute atomic E-state index is 8.77. The van der Waals surface area contributed by atoms with E-state index in [1.54, 1.807) is 0 Å². The van der Waals surface area contributed by atoms with E-state index in [0.29, 0.717) is 11.5 Å². The van der Waals surface area contributed by atoms with E-state index in [1.165, 1.54) is 14.2 Å². The topological polar surface area (TPSA) is 69.5 Å². The van der Waals surface area contributed by atoms with Crippen LogP contribution in [0.3, 0.4) is 0 Å². The molecule has 0 atom stereocenters. The zero-order chi connectivity index (χ0) is 13.3. The number of halogens is 2. The Bertz CT molecular complexity index is 518. The molecule has 18 heavy (non-hydrogen) atoms. The Morgan fingerprint density at radius 1 is 1.22 bits per heavy atom. The van der Waals surface area contributed by atoms with E-state index in [9.17, 15) is 0 Å². The van der Waals surface area contributed by atoms with Crippen LogP contribution in [0.15, 0.2) is 5.16 Å². The summed E-state index contributed by atoms with van der Waals surface area (Å²) in [5.74, 6) is 1.08. The summed E-state index contributed by atoms with van der Waals surface area (Å²) < 4.78 is 20.8. The average molecular weight is 294 g/mol. The molecule has 0 saturated heterocycles. The Morgan fingerprint density at radius 2 is 1.78 bits per heavy atom. The zero-order valence-corrected chi connectivity index (χ0v) is 11.0. The average Bonchev–Trinajstić information content (AvgIpc) is 2.85. The lowest BCUT2D eigenvalue weighted by atomic mass is 10.1. The highest BCUT2D eigenvalue weighted by molar-refractivity contribution is 6.71. The number of nitrogens with zero attached hydrogens (tertiary/aromatic N) is 1. The van der Waals surface area contributed by atoms with Gasteiger partial charge in [-0.05, 0) is 0 Å². The van der Waals surface area contributed by atoms with E-state index >= 15 is 0 Å². The van der Waals surface area contributed by atoms with Crippen molar-refractivity contribution >= 4 is 28.4 Å². The summed E-state index contributed by atoms with van der Waals surface area (Å²) in [6.45, 7) is 0.00965. The monoisotopic (exact) mass is 293 g/mol. The highest BCUT2D eigenvalue weighted by atomic mass is 35.5. The Hall–Kier alpha value is -1.53. The molecule has 0 bridgehead atoms. The third-order valence-corrected chi connectivity index (χ3v) is 3.00. The van der Waals surface area contributed by atoms with Crippen molar-refractivity contribution in [2.45, 2.75) is 0 Å². The molecule has 0 fully saturated rings. The largest absolute Gasteiger partial charge is 0.492 e. The fraction of sp³-hybridized carbons (Fsp3) is 0.300. The molecule has 0 spiro atoms. The van der Waals surface area contributed by atoms with Crippen LogP contribution in [-0.2, 0) is 0 Å². The third kappa shape index (κ3) is 1.77. The fourth-order valence-electron chi connectivity index (χ4n) is 1.65. The summed E-state index contributed by atoms with van der Waals surface area (Å²) in [7, 11) is 2.83. The van der Waals surface area contributed by atoms with Gasteiger partial charge in [-0.2, -0.15) is 0 Å². The van der Waals surface area contributed by atoms with Crippen molar-refractivity contribution < 1.29 is 24.2 Å². The minimum atomic E-state index is -0.242. The van der Waals surface area contributed by atoms with Crippen LogP contribution >= 0.6 is 23.2 Å². The van der Waals surface area contributed by atoms with Crippen molar-refractivity contribution in [1.82, 2.24) is 0 Å². The van der Waals surface area contributed by atoms with Gasteiger partial charge < -0.3 is 24.2 Å². The first-order chi connectivity index (χ1) is 8.65. The van der Waals surface area contributed by atoms with Gasteiger partial charge in [-0.3, -0.25) is 0 Å². The van der Waals surface area contributed by atoms with Gasteiger partial charge in [-0.15, -0.1) is 0 Å². The Kier molecular flexibility index (Phi) is 3.58. The second-order valence-corrected chi connectivity index (χ2v) is 3.95. The van der Waals surface area contributed by atoms with Crippen molar-refractivity contribution in [2.24, 2.45) is 5.16 Å². The molecule has 1 N–H and O–H groups in total. The first-order valence-corrected chi connectivity index (χ1v) is 5.52. The van der Waals surface area contributed by atoms with E-state index < -0.39 is 0 Å². The molecule has 0 radical (unpaired) electrons. The standard InChI is InChI=1S/C10H9Cl2NO5/c1-15-6-4(10(12)13-14)5(11)7(16-2)9-8(6)17-3-18-9/h14H,3H2,1-2H3. The highest BCUT2D eigenvalue weighted by Crippen LogP contribution is 2.54. The van der Waals surface area contributed by atoms with Crippen molar-refractivity contribution in [3.05, 3.63) is 10.6 Å². The predicted molar refractivity (Wildman–Crippen MR) is 64.9 cm³/mol. The normalized spacial score (nSPS) is 13.7. The van der Waals surface area contributed by atoms with Gasteiger partial charge in [0, 0.05) is 0 Å². The van der Waals surface area contributed by atoms with Crippen molar-refractivity contribution in [1.29, 1.82) is 0 Å². The van der Waals surface area contributed by atoms with Gasteiger partial charge >= 0.3 is 0 Å². The van der Waals surface area contributed by atoms with Gasteiger partial charge in [0.25, 0.3) is 0 Å². The summed E-state index contributed by atoms with van der Waals surface area (Å²) in [6, 6.07) is 0. The molecule has 0 saturated carbocycles. The van der Waals surface area contributed by atoms with Gasteiger partial charge in [0.1, 0.15) is 5.02 Å². The van der Waals surface area contributed by atoms with E-state index in [0.717, 1.165) is 0 Å². The van der Waals surface area contributed by atoms with Crippen LogP contribution in [0.4, 0.5) is 0 Å². The molecule has 0 aromatic heterocycles. The molecule has 1 heterocycles. The number of hydrogen-bond donors (Lipinski definition) is 1. The maximum atomic E-state index is 8.77. The molecule has 1 aromatic carbocycles. The number of ether oxygens (including phenoxy) is 4. The van der Waals surface area contributed by atoms with Crippen LogP contribution in [-0.4, -0.2) is 31.4 Å². The first-order valence-electron chi connectivity index (χ1n) is 4.76. The van der Waals surface area contributed by atoms with Crippen LogP contribution in [0.1, 0.15) is 5.56 Å². The summed E-state index contributed by atoms with van der Waals surface area (Å²) >= 11 is 11.9. The zero-order valence-electron chi connectivity index (χ0n) is 9.49. The summed E-state index contributed by atoms with van der Waals surface area (Å²) in [4.78, 5) is 0. The SMILES string of the molecule is COc1c(Cl)c(C(Cl)=NO)c(OC)c2c1OCO2. The molecule has 1 aromatic rings. The minimum absolute atomic E-state index is 0.00965. The van der Waals surface area contributed by atoms with Gasteiger partial charge in [0.05, 0.1) is 19.8 Å². The second-order valence-electron chi connectivity index (χ2n) is 3.21. The smallest absolute Gasteiger partial charge is 0.231 e. The van der Waals surface area contributed by atoms with Crippen LogP contribution in [0.25, 0.3) is 0 Å². The predicted octanol–water partition coefficient (Wildman–Crippen LogP) is 2.46. The van der Waals surface area contributed by atoms with Crippen molar-refractivity contribution in [3.8, 4) is 23.0 Å². The molecule has 6 nitrogen and oxygen atoms in total. The number of methoxy groups -OCH3 is 2.